The van der Waals surface area contributed by atoms with Crippen LogP contribution in [0.2, 0.25) is 0 Å². The van der Waals surface area contributed by atoms with Crippen LogP contribution in [0.5, 0.6) is 0 Å². The number of carbonyl (C=O) groups is 2. The molecule has 0 fully saturated rings. The van der Waals surface area contributed by atoms with Gasteiger partial charge in [-0.2, -0.15) is 8.42 Å². The van der Waals surface area contributed by atoms with Gasteiger partial charge in [-0.15, -0.1) is 0 Å². The average Bonchev–Trinajstić information content (AvgIpc) is 2.88. The minimum absolute atomic E-state index is 0.0694. The van der Waals surface area contributed by atoms with E-state index in [1.165, 1.54) is 0 Å². The van der Waals surface area contributed by atoms with E-state index in [0.717, 1.165) is 64.2 Å². The van der Waals surface area contributed by atoms with E-state index in [1.807, 2.05) is 0 Å². The van der Waals surface area contributed by atoms with Crippen molar-refractivity contribution in [2.24, 2.45) is 5.92 Å². The van der Waals surface area contributed by atoms with Gasteiger partial charge in [0.25, 0.3) is 10.1 Å². The molecule has 40 heavy (non-hydrogen) atoms. The van der Waals surface area contributed by atoms with Gasteiger partial charge in [0, 0.05) is 19.6 Å². The molecule has 0 aliphatic heterocycles. The van der Waals surface area contributed by atoms with Crippen LogP contribution in [-0.4, -0.2) is 99.5 Å². The number of nitrogens with zero attached hydrogens (tertiary/aromatic N) is 1. The van der Waals surface area contributed by atoms with Crippen LogP contribution >= 0.6 is 0 Å². The molecule has 0 rings (SSSR count). The summed E-state index contributed by atoms with van der Waals surface area (Å²) in [7, 11) is -5.11. The first-order chi connectivity index (χ1) is 19.0. The molecule has 0 saturated carbocycles. The normalized spacial score (nSPS) is 13.9. The van der Waals surface area contributed by atoms with Crippen molar-refractivity contribution < 1.29 is 48.1 Å². The first kappa shape index (κ1) is 40.8. The second-order valence-electron chi connectivity index (χ2n) is 10.4. The van der Waals surface area contributed by atoms with Crippen LogP contribution in [-0.2, 0) is 19.7 Å². The molecule has 0 aromatic rings. The molecule has 2 unspecified atom stereocenters. The lowest BCUT2D eigenvalue weighted by Crippen LogP contribution is -2.55. The van der Waals surface area contributed by atoms with Crippen molar-refractivity contribution in [1.82, 2.24) is 4.90 Å². The molecule has 12 heteroatoms. The summed E-state index contributed by atoms with van der Waals surface area (Å²) in [4.78, 5) is 25.7. The molecule has 0 saturated heterocycles. The highest BCUT2D eigenvalue weighted by Gasteiger charge is 2.58. The Balaban J connectivity index is 0. The van der Waals surface area contributed by atoms with Gasteiger partial charge in [-0.25, -0.2) is 0 Å². The largest absolute Gasteiger partial charge is 0.481 e. The standard InChI is InChI=1S/C22H42O7S.C6H15NO3/c1-3-5-7-9-11-13-15-17-19(20(23)24)22(21(25)26,30(27,28)29)18-16-14-12-10-8-6-4-2;8-4-1-7(2-5-9)3-6-10/h19H,3-18H2,1-2H3,(H,23,24)(H,25,26)(H,27,28,29);8-10H,1-6H2. The van der Waals surface area contributed by atoms with E-state index >= 15 is 0 Å². The molecule has 6 N–H and O–H groups in total. The predicted molar refractivity (Wildman–Crippen MR) is 156 cm³/mol. The van der Waals surface area contributed by atoms with Crippen molar-refractivity contribution >= 4 is 22.1 Å². The van der Waals surface area contributed by atoms with Crippen LogP contribution < -0.4 is 0 Å². The Labute approximate surface area is 241 Å². The predicted octanol–water partition coefficient (Wildman–Crippen LogP) is 3.95. The van der Waals surface area contributed by atoms with Crippen molar-refractivity contribution in [3.8, 4) is 0 Å². The highest BCUT2D eigenvalue weighted by Crippen LogP contribution is 2.37. The molecule has 240 valence electrons. The quantitative estimate of drug-likeness (QED) is 0.0623. The van der Waals surface area contributed by atoms with Crippen LogP contribution in [0.4, 0.5) is 0 Å². The zero-order valence-corrected chi connectivity index (χ0v) is 25.6. The zero-order valence-electron chi connectivity index (χ0n) is 24.8. The van der Waals surface area contributed by atoms with Gasteiger partial charge in [0.05, 0.1) is 25.7 Å². The summed E-state index contributed by atoms with van der Waals surface area (Å²) in [6.07, 6.45) is 11.9. The third kappa shape index (κ3) is 17.5. The first-order valence-corrected chi connectivity index (χ1v) is 16.4. The van der Waals surface area contributed by atoms with Crippen molar-refractivity contribution in [3.63, 3.8) is 0 Å². The minimum atomic E-state index is -5.11. The summed E-state index contributed by atoms with van der Waals surface area (Å²) in [6, 6.07) is 0. The zero-order chi connectivity index (χ0) is 30.9. The van der Waals surface area contributed by atoms with E-state index < -0.39 is 32.7 Å². The molecular weight excluding hydrogens is 542 g/mol. The molecule has 0 spiro atoms. The Morgan fingerprint density at radius 1 is 0.675 bits per heavy atom. The monoisotopic (exact) mass is 599 g/mol. The summed E-state index contributed by atoms with van der Waals surface area (Å²) in [6.45, 7) is 5.97. The first-order valence-electron chi connectivity index (χ1n) is 15.0. The van der Waals surface area contributed by atoms with Crippen LogP contribution in [0.3, 0.4) is 0 Å². The Morgan fingerprint density at radius 2 is 1.05 bits per heavy atom. The van der Waals surface area contributed by atoms with E-state index in [2.05, 4.69) is 13.8 Å². The molecule has 0 radical (unpaired) electrons. The number of rotatable bonds is 26. The maximum Gasteiger partial charge on any atom is 0.328 e. The number of aliphatic hydroxyl groups is 3. The van der Waals surface area contributed by atoms with Crippen molar-refractivity contribution in [1.29, 1.82) is 0 Å². The smallest absolute Gasteiger partial charge is 0.328 e. The van der Waals surface area contributed by atoms with E-state index in [4.69, 9.17) is 15.3 Å². The molecule has 0 heterocycles. The van der Waals surface area contributed by atoms with Gasteiger partial charge >= 0.3 is 11.9 Å². The molecule has 0 aliphatic rings. The number of aliphatic hydroxyl groups excluding tert-OH is 3. The lowest BCUT2D eigenvalue weighted by atomic mass is 9.82. The summed E-state index contributed by atoms with van der Waals surface area (Å²) >= 11 is 0. The maximum atomic E-state index is 12.2. The van der Waals surface area contributed by atoms with Gasteiger partial charge in [0.2, 0.25) is 4.75 Å². The van der Waals surface area contributed by atoms with Gasteiger partial charge < -0.3 is 25.5 Å². The summed E-state index contributed by atoms with van der Waals surface area (Å²) in [5.74, 6) is -4.92. The lowest BCUT2D eigenvalue weighted by Gasteiger charge is -2.32. The summed E-state index contributed by atoms with van der Waals surface area (Å²) in [5.41, 5.74) is 0. The second kappa shape index (κ2) is 25.4. The van der Waals surface area contributed by atoms with Gasteiger partial charge in [-0.05, 0) is 12.8 Å². The third-order valence-corrected chi connectivity index (χ3v) is 8.76. The molecule has 0 aliphatic carbocycles. The highest BCUT2D eigenvalue weighted by atomic mass is 32.2. The van der Waals surface area contributed by atoms with Gasteiger partial charge in [-0.1, -0.05) is 104 Å². The molecule has 0 amide bonds. The van der Waals surface area contributed by atoms with Gasteiger partial charge in [0.15, 0.2) is 0 Å². The fraction of sp³-hybridized carbons (Fsp3) is 0.929. The average molecular weight is 600 g/mol. The van der Waals surface area contributed by atoms with Crippen molar-refractivity contribution in [3.05, 3.63) is 0 Å². The number of unbranched alkanes of at least 4 members (excludes halogenated alkanes) is 12. The highest BCUT2D eigenvalue weighted by molar-refractivity contribution is 7.88. The number of hydrogen-bond acceptors (Lipinski definition) is 8. The van der Waals surface area contributed by atoms with Crippen molar-refractivity contribution in [2.75, 3.05) is 39.5 Å². The molecule has 0 bridgehead atoms. The topological polar surface area (TPSA) is 193 Å². The Bertz CT molecular complexity index is 720. The summed E-state index contributed by atoms with van der Waals surface area (Å²) < 4.78 is 31.5. The van der Waals surface area contributed by atoms with E-state index in [-0.39, 0.29) is 39.1 Å². The van der Waals surface area contributed by atoms with Crippen LogP contribution in [0.1, 0.15) is 117 Å². The van der Waals surface area contributed by atoms with E-state index in [1.54, 1.807) is 4.90 Å². The van der Waals surface area contributed by atoms with Crippen molar-refractivity contribution in [2.45, 2.75) is 121 Å². The van der Waals surface area contributed by atoms with Gasteiger partial charge in [0.1, 0.15) is 0 Å². The van der Waals surface area contributed by atoms with Crippen LogP contribution in [0.25, 0.3) is 0 Å². The number of carboxylic acid groups (broad SMARTS) is 2. The van der Waals surface area contributed by atoms with Gasteiger partial charge in [-0.3, -0.25) is 19.0 Å². The fourth-order valence-electron chi connectivity index (χ4n) is 4.82. The third-order valence-electron chi connectivity index (χ3n) is 7.18. The SMILES string of the molecule is CCCCCCCCCC(C(=O)O)C(CCCCCCCCC)(C(=O)O)S(=O)(=O)O.OCCN(CCO)CCO. The Morgan fingerprint density at radius 3 is 1.38 bits per heavy atom. The molecule has 0 aromatic carbocycles. The lowest BCUT2D eigenvalue weighted by molar-refractivity contribution is -0.152. The molecule has 11 nitrogen and oxygen atoms in total. The summed E-state index contributed by atoms with van der Waals surface area (Å²) in [5, 5.41) is 44.9. The molecule has 0 aromatic heterocycles. The molecular formula is C28H57NO10S. The minimum Gasteiger partial charge on any atom is -0.481 e. The number of aliphatic carboxylic acids is 2. The van der Waals surface area contributed by atoms with Crippen LogP contribution in [0, 0.1) is 5.92 Å². The Hall–Kier alpha value is -1.31. The fourth-order valence-corrected chi connectivity index (χ4v) is 6.02. The molecule has 2 atom stereocenters. The number of carboxylic acids is 2. The maximum absolute atomic E-state index is 12.2. The second-order valence-corrected chi connectivity index (χ2v) is 12.0. The Kier molecular flexibility index (Phi) is 25.9. The van der Waals surface area contributed by atoms with Crippen LogP contribution in [0.15, 0.2) is 0 Å². The van der Waals surface area contributed by atoms with E-state index in [9.17, 15) is 32.8 Å². The number of hydrogen-bond donors (Lipinski definition) is 6. The van der Waals surface area contributed by atoms with E-state index in [0.29, 0.717) is 38.9 Å².